The van der Waals surface area contributed by atoms with Crippen LogP contribution in [0.25, 0.3) is 0 Å². The highest BCUT2D eigenvalue weighted by Crippen LogP contribution is 2.09. The highest BCUT2D eigenvalue weighted by molar-refractivity contribution is 4.98. The van der Waals surface area contributed by atoms with Crippen molar-refractivity contribution in [3.05, 3.63) is 18.2 Å². The highest BCUT2D eigenvalue weighted by Gasteiger charge is 2.03. The van der Waals surface area contributed by atoms with Crippen LogP contribution in [0, 0.1) is 5.92 Å². The third-order valence-electron chi connectivity index (χ3n) is 2.17. The van der Waals surface area contributed by atoms with Crippen molar-refractivity contribution in [1.29, 1.82) is 0 Å². The van der Waals surface area contributed by atoms with Crippen LogP contribution < -0.4 is 0 Å². The lowest BCUT2D eigenvalue weighted by molar-refractivity contribution is 0.542. The quantitative estimate of drug-likeness (QED) is 0.647. The number of hydrogen-bond donors (Lipinski definition) is 0. The van der Waals surface area contributed by atoms with Crippen LogP contribution in [0.2, 0.25) is 0 Å². The summed E-state index contributed by atoms with van der Waals surface area (Å²) in [5.74, 6) is 0.769. The third kappa shape index (κ3) is 2.07. The minimum absolute atomic E-state index is 0.769. The van der Waals surface area contributed by atoms with Gasteiger partial charge in [0.1, 0.15) is 0 Å². The number of nitrogens with zero attached hydrogens (tertiary/aromatic N) is 2. The molecule has 0 bridgehead atoms. The summed E-state index contributed by atoms with van der Waals surface area (Å²) < 4.78 is 2.09. The smallest absolute Gasteiger partial charge is 0.0945 e. The van der Waals surface area contributed by atoms with Gasteiger partial charge in [0.25, 0.3) is 0 Å². The Bertz CT molecular complexity index is 215. The van der Waals surface area contributed by atoms with E-state index in [1.54, 1.807) is 0 Å². The highest BCUT2D eigenvalue weighted by atomic mass is 15.0. The van der Waals surface area contributed by atoms with Gasteiger partial charge < -0.3 is 4.57 Å². The summed E-state index contributed by atoms with van der Waals surface area (Å²) in [4.78, 5) is 4.07. The monoisotopic (exact) mass is 152 g/mol. The van der Waals surface area contributed by atoms with Crippen LogP contribution in [0.1, 0.15) is 26.0 Å². The molecule has 1 aromatic rings. The molecule has 11 heavy (non-hydrogen) atoms. The van der Waals surface area contributed by atoms with E-state index in [1.807, 2.05) is 19.6 Å². The summed E-state index contributed by atoms with van der Waals surface area (Å²) in [7, 11) is 2.05. The van der Waals surface area contributed by atoms with Crippen molar-refractivity contribution in [2.24, 2.45) is 13.0 Å². The van der Waals surface area contributed by atoms with E-state index in [1.165, 1.54) is 12.1 Å². The molecule has 0 unspecified atom stereocenters. The molecule has 0 saturated heterocycles. The van der Waals surface area contributed by atoms with Crippen molar-refractivity contribution in [3.63, 3.8) is 0 Å². The first kappa shape index (κ1) is 8.31. The molecule has 1 aromatic heterocycles. The van der Waals surface area contributed by atoms with Gasteiger partial charge in [0.15, 0.2) is 0 Å². The van der Waals surface area contributed by atoms with Crippen molar-refractivity contribution >= 4 is 0 Å². The van der Waals surface area contributed by atoms with Crippen molar-refractivity contribution in [2.75, 3.05) is 0 Å². The molecule has 0 aliphatic rings. The van der Waals surface area contributed by atoms with Crippen molar-refractivity contribution in [1.82, 2.24) is 9.55 Å². The topological polar surface area (TPSA) is 17.8 Å². The fraction of sp³-hybridized carbons (Fsp3) is 0.667. The van der Waals surface area contributed by atoms with Crippen LogP contribution in [-0.2, 0) is 13.5 Å². The lowest BCUT2D eigenvalue weighted by atomic mass is 10.0. The summed E-state index contributed by atoms with van der Waals surface area (Å²) in [6.07, 6.45) is 6.20. The van der Waals surface area contributed by atoms with Gasteiger partial charge in [0.05, 0.1) is 6.33 Å². The van der Waals surface area contributed by atoms with E-state index >= 15 is 0 Å². The number of aryl methyl sites for hydroxylation is 1. The van der Waals surface area contributed by atoms with Gasteiger partial charge >= 0.3 is 0 Å². The molecule has 0 aliphatic carbocycles. The maximum Gasteiger partial charge on any atom is 0.0945 e. The normalized spacial score (nSPS) is 13.4. The largest absolute Gasteiger partial charge is 0.338 e. The van der Waals surface area contributed by atoms with Crippen molar-refractivity contribution in [3.8, 4) is 0 Å². The van der Waals surface area contributed by atoms with Crippen LogP contribution in [0.5, 0.6) is 0 Å². The van der Waals surface area contributed by atoms with Crippen molar-refractivity contribution < 1.29 is 0 Å². The minimum atomic E-state index is 0.769. The van der Waals surface area contributed by atoms with Gasteiger partial charge in [-0.3, -0.25) is 0 Å². The predicted octanol–water partition coefficient (Wildman–Crippen LogP) is 2.01. The first-order valence-electron chi connectivity index (χ1n) is 4.19. The van der Waals surface area contributed by atoms with Crippen LogP contribution in [0.3, 0.4) is 0 Å². The lowest BCUT2D eigenvalue weighted by Gasteiger charge is -2.07. The standard InChI is InChI=1S/C9H16N2/c1-4-8(2)5-9-6-10-7-11(9)3/h6-8H,4-5H2,1-3H3/t8-/m0/s1. The maximum atomic E-state index is 4.07. The molecule has 1 rings (SSSR count). The zero-order valence-electron chi connectivity index (χ0n) is 7.54. The Kier molecular flexibility index (Phi) is 2.69. The Morgan fingerprint density at radius 3 is 2.82 bits per heavy atom. The molecule has 0 fully saturated rings. The Labute approximate surface area is 68.3 Å². The van der Waals surface area contributed by atoms with E-state index < -0.39 is 0 Å². The lowest BCUT2D eigenvalue weighted by Crippen LogP contribution is -2.02. The zero-order valence-corrected chi connectivity index (χ0v) is 7.54. The van der Waals surface area contributed by atoms with Crippen LogP contribution >= 0.6 is 0 Å². The molecule has 0 amide bonds. The fourth-order valence-corrected chi connectivity index (χ4v) is 1.08. The fourth-order valence-electron chi connectivity index (χ4n) is 1.08. The Balaban J connectivity index is 2.56. The van der Waals surface area contributed by atoms with E-state index in [0.717, 1.165) is 12.3 Å². The summed E-state index contributed by atoms with van der Waals surface area (Å²) in [5, 5.41) is 0. The van der Waals surface area contributed by atoms with Gasteiger partial charge in [-0.2, -0.15) is 0 Å². The summed E-state index contributed by atoms with van der Waals surface area (Å²) in [5.41, 5.74) is 1.33. The first-order chi connectivity index (χ1) is 5.24. The van der Waals surface area contributed by atoms with Gasteiger partial charge in [-0.1, -0.05) is 20.3 Å². The molecule has 0 spiro atoms. The molecular weight excluding hydrogens is 136 g/mol. The van der Waals surface area contributed by atoms with E-state index in [2.05, 4.69) is 23.4 Å². The van der Waals surface area contributed by atoms with Crippen molar-refractivity contribution in [2.45, 2.75) is 26.7 Å². The average molecular weight is 152 g/mol. The first-order valence-corrected chi connectivity index (χ1v) is 4.19. The third-order valence-corrected chi connectivity index (χ3v) is 2.17. The summed E-state index contributed by atoms with van der Waals surface area (Å²) >= 11 is 0. The molecule has 62 valence electrons. The predicted molar refractivity (Wildman–Crippen MR) is 46.4 cm³/mol. The van der Waals surface area contributed by atoms with Crippen LogP contribution in [0.15, 0.2) is 12.5 Å². The Morgan fingerprint density at radius 1 is 1.64 bits per heavy atom. The maximum absolute atomic E-state index is 4.07. The molecule has 0 radical (unpaired) electrons. The van der Waals surface area contributed by atoms with E-state index in [4.69, 9.17) is 0 Å². The molecule has 1 heterocycles. The second-order valence-electron chi connectivity index (χ2n) is 3.21. The molecular formula is C9H16N2. The number of imidazole rings is 1. The molecule has 2 heteroatoms. The zero-order chi connectivity index (χ0) is 8.27. The molecule has 0 N–H and O–H groups in total. The number of hydrogen-bond acceptors (Lipinski definition) is 1. The molecule has 0 aliphatic heterocycles. The number of aromatic nitrogens is 2. The second kappa shape index (κ2) is 3.56. The minimum Gasteiger partial charge on any atom is -0.338 e. The SMILES string of the molecule is CC[C@H](C)Cc1cncn1C. The van der Waals surface area contributed by atoms with Gasteiger partial charge in [-0.15, -0.1) is 0 Å². The average Bonchev–Trinajstić information content (AvgIpc) is 2.37. The van der Waals surface area contributed by atoms with Crippen LogP contribution in [0.4, 0.5) is 0 Å². The Morgan fingerprint density at radius 2 is 2.36 bits per heavy atom. The summed E-state index contributed by atoms with van der Waals surface area (Å²) in [6, 6.07) is 0. The molecule has 1 atom stereocenters. The van der Waals surface area contributed by atoms with Gasteiger partial charge in [0.2, 0.25) is 0 Å². The van der Waals surface area contributed by atoms with E-state index in [0.29, 0.717) is 0 Å². The van der Waals surface area contributed by atoms with Crippen LogP contribution in [-0.4, -0.2) is 9.55 Å². The second-order valence-corrected chi connectivity index (χ2v) is 3.21. The molecule has 0 aromatic carbocycles. The van der Waals surface area contributed by atoms with E-state index in [-0.39, 0.29) is 0 Å². The van der Waals surface area contributed by atoms with Gasteiger partial charge in [-0.05, 0) is 12.3 Å². The summed E-state index contributed by atoms with van der Waals surface area (Å²) in [6.45, 7) is 4.49. The van der Waals surface area contributed by atoms with Gasteiger partial charge in [0, 0.05) is 18.9 Å². The Hall–Kier alpha value is -0.790. The molecule has 0 saturated carbocycles. The number of rotatable bonds is 3. The van der Waals surface area contributed by atoms with Gasteiger partial charge in [-0.25, -0.2) is 4.98 Å². The molecule has 2 nitrogen and oxygen atoms in total. The van der Waals surface area contributed by atoms with E-state index in [9.17, 15) is 0 Å².